The number of ether oxygens (including phenoxy) is 1. The van der Waals surface area contributed by atoms with Crippen molar-refractivity contribution in [1.82, 2.24) is 15.2 Å². The van der Waals surface area contributed by atoms with Gasteiger partial charge in [-0.15, -0.1) is 10.2 Å². The summed E-state index contributed by atoms with van der Waals surface area (Å²) in [7, 11) is 0. The van der Waals surface area contributed by atoms with Gasteiger partial charge in [0.05, 0.1) is 18.5 Å². The van der Waals surface area contributed by atoms with Crippen molar-refractivity contribution in [3.8, 4) is 5.88 Å². The number of anilines is 2. The van der Waals surface area contributed by atoms with Crippen molar-refractivity contribution in [3.63, 3.8) is 0 Å². The molecule has 98 valence electrons. The molecule has 2 rings (SSSR count). The van der Waals surface area contributed by atoms with Crippen molar-refractivity contribution >= 4 is 17.4 Å². The van der Waals surface area contributed by atoms with Gasteiger partial charge in [-0.05, 0) is 25.1 Å². The van der Waals surface area contributed by atoms with E-state index in [1.165, 1.54) is 18.3 Å². The molecule has 19 heavy (non-hydrogen) atoms. The number of pyridine rings is 1. The SMILES string of the molecule is CCOc1ccc(NC(=O)c2ccc(N)nn2)cn1. The molecule has 0 bridgehead atoms. The number of hydrogen-bond donors (Lipinski definition) is 2. The second kappa shape index (κ2) is 5.76. The summed E-state index contributed by atoms with van der Waals surface area (Å²) in [5, 5.41) is 9.95. The summed E-state index contributed by atoms with van der Waals surface area (Å²) < 4.78 is 5.20. The molecule has 2 aromatic rings. The number of nitrogens with one attached hydrogen (secondary N) is 1. The summed E-state index contributed by atoms with van der Waals surface area (Å²) in [6.45, 7) is 2.41. The summed E-state index contributed by atoms with van der Waals surface area (Å²) in [5.74, 6) is 0.394. The predicted molar refractivity (Wildman–Crippen MR) is 69.8 cm³/mol. The minimum absolute atomic E-state index is 0.183. The van der Waals surface area contributed by atoms with Gasteiger partial charge >= 0.3 is 0 Å². The number of carbonyl (C=O) groups is 1. The molecule has 7 heteroatoms. The average molecular weight is 259 g/mol. The molecule has 0 aromatic carbocycles. The highest BCUT2D eigenvalue weighted by Crippen LogP contribution is 2.12. The van der Waals surface area contributed by atoms with E-state index in [4.69, 9.17) is 10.5 Å². The highest BCUT2D eigenvalue weighted by atomic mass is 16.5. The van der Waals surface area contributed by atoms with Crippen LogP contribution in [0.25, 0.3) is 0 Å². The van der Waals surface area contributed by atoms with Crippen LogP contribution in [0.2, 0.25) is 0 Å². The lowest BCUT2D eigenvalue weighted by Crippen LogP contribution is -2.14. The molecule has 0 atom stereocenters. The number of rotatable bonds is 4. The van der Waals surface area contributed by atoms with Gasteiger partial charge in [0.2, 0.25) is 5.88 Å². The van der Waals surface area contributed by atoms with Gasteiger partial charge in [0.1, 0.15) is 5.82 Å². The first-order valence-electron chi connectivity index (χ1n) is 5.68. The third-order valence-electron chi connectivity index (χ3n) is 2.20. The molecule has 7 nitrogen and oxygen atoms in total. The summed E-state index contributed by atoms with van der Waals surface area (Å²) in [6.07, 6.45) is 1.51. The molecule has 0 saturated heterocycles. The zero-order chi connectivity index (χ0) is 13.7. The first kappa shape index (κ1) is 12.7. The Hall–Kier alpha value is -2.70. The van der Waals surface area contributed by atoms with Crippen molar-refractivity contribution < 1.29 is 9.53 Å². The topological polar surface area (TPSA) is 103 Å². The van der Waals surface area contributed by atoms with Crippen LogP contribution < -0.4 is 15.8 Å². The maximum Gasteiger partial charge on any atom is 0.276 e. The van der Waals surface area contributed by atoms with Gasteiger partial charge < -0.3 is 15.8 Å². The lowest BCUT2D eigenvalue weighted by Gasteiger charge is -2.05. The number of aromatic nitrogens is 3. The Bertz CT molecular complexity index is 553. The first-order valence-corrected chi connectivity index (χ1v) is 5.68. The maximum atomic E-state index is 11.8. The quantitative estimate of drug-likeness (QED) is 0.852. The van der Waals surface area contributed by atoms with E-state index < -0.39 is 0 Å². The fourth-order valence-electron chi connectivity index (χ4n) is 1.35. The van der Waals surface area contributed by atoms with Crippen molar-refractivity contribution in [2.45, 2.75) is 6.92 Å². The Morgan fingerprint density at radius 2 is 2.16 bits per heavy atom. The number of nitrogens with two attached hydrogens (primary N) is 1. The van der Waals surface area contributed by atoms with E-state index in [1.54, 1.807) is 12.1 Å². The Balaban J connectivity index is 2.04. The molecule has 2 aromatic heterocycles. The molecule has 0 radical (unpaired) electrons. The molecule has 0 unspecified atom stereocenters. The minimum atomic E-state index is -0.376. The number of nitrogen functional groups attached to an aromatic ring is 1. The molecule has 0 aliphatic heterocycles. The number of carbonyl (C=O) groups excluding carboxylic acids is 1. The van der Waals surface area contributed by atoms with Crippen LogP contribution in [0.15, 0.2) is 30.5 Å². The van der Waals surface area contributed by atoms with Crippen LogP contribution in [0.1, 0.15) is 17.4 Å². The van der Waals surface area contributed by atoms with Crippen LogP contribution in [0.3, 0.4) is 0 Å². The average Bonchev–Trinajstić information content (AvgIpc) is 2.42. The standard InChI is InChI=1S/C12H13N5O2/c1-2-19-11-6-3-8(7-14-11)15-12(18)9-4-5-10(13)17-16-9/h3-7H,2H2,1H3,(H2,13,17)(H,15,18). The van der Waals surface area contributed by atoms with E-state index in [0.29, 0.717) is 18.2 Å². The lowest BCUT2D eigenvalue weighted by molar-refractivity contribution is 0.102. The van der Waals surface area contributed by atoms with Gasteiger partial charge in [-0.2, -0.15) is 0 Å². The molecular weight excluding hydrogens is 246 g/mol. The lowest BCUT2D eigenvalue weighted by atomic mass is 10.3. The van der Waals surface area contributed by atoms with Gasteiger partial charge in [0.25, 0.3) is 5.91 Å². The van der Waals surface area contributed by atoms with Crippen LogP contribution in [0, 0.1) is 0 Å². The Labute approximate surface area is 109 Å². The van der Waals surface area contributed by atoms with Crippen LogP contribution >= 0.6 is 0 Å². The van der Waals surface area contributed by atoms with E-state index in [9.17, 15) is 4.79 Å². The summed E-state index contributed by atoms with van der Waals surface area (Å²) in [6, 6.07) is 6.38. The molecule has 0 spiro atoms. The molecular formula is C12H13N5O2. The van der Waals surface area contributed by atoms with Crippen molar-refractivity contribution in [2.24, 2.45) is 0 Å². The van der Waals surface area contributed by atoms with Crippen LogP contribution in [0.4, 0.5) is 11.5 Å². The number of hydrogen-bond acceptors (Lipinski definition) is 6. The van der Waals surface area contributed by atoms with Crippen molar-refractivity contribution in [3.05, 3.63) is 36.2 Å². The highest BCUT2D eigenvalue weighted by molar-refractivity contribution is 6.02. The van der Waals surface area contributed by atoms with Crippen LogP contribution in [-0.4, -0.2) is 27.7 Å². The second-order valence-corrected chi connectivity index (χ2v) is 3.62. The zero-order valence-corrected chi connectivity index (χ0v) is 10.3. The molecule has 3 N–H and O–H groups in total. The Kier molecular flexibility index (Phi) is 3.87. The Morgan fingerprint density at radius 3 is 2.74 bits per heavy atom. The smallest absolute Gasteiger partial charge is 0.276 e. The summed E-state index contributed by atoms with van der Waals surface area (Å²) in [4.78, 5) is 15.9. The van der Waals surface area contributed by atoms with Crippen molar-refractivity contribution in [2.75, 3.05) is 17.7 Å². The van der Waals surface area contributed by atoms with E-state index in [2.05, 4.69) is 20.5 Å². The first-order chi connectivity index (χ1) is 9.19. The van der Waals surface area contributed by atoms with E-state index >= 15 is 0 Å². The van der Waals surface area contributed by atoms with Gasteiger partial charge in [0.15, 0.2) is 5.69 Å². The van der Waals surface area contributed by atoms with Gasteiger partial charge in [-0.25, -0.2) is 4.98 Å². The molecule has 1 amide bonds. The third kappa shape index (κ3) is 3.38. The van der Waals surface area contributed by atoms with Crippen LogP contribution in [-0.2, 0) is 0 Å². The van der Waals surface area contributed by atoms with E-state index in [0.717, 1.165) is 0 Å². The van der Waals surface area contributed by atoms with E-state index in [-0.39, 0.29) is 17.4 Å². The van der Waals surface area contributed by atoms with E-state index in [1.807, 2.05) is 6.92 Å². The predicted octanol–water partition coefficient (Wildman–Crippen LogP) is 1.10. The molecule has 0 fully saturated rings. The molecule has 0 aliphatic rings. The molecule has 0 saturated carbocycles. The van der Waals surface area contributed by atoms with Crippen molar-refractivity contribution in [1.29, 1.82) is 0 Å². The van der Waals surface area contributed by atoms with Gasteiger partial charge in [0, 0.05) is 6.07 Å². The summed E-state index contributed by atoms with van der Waals surface area (Å²) >= 11 is 0. The fraction of sp³-hybridized carbons (Fsp3) is 0.167. The number of amides is 1. The molecule has 0 aliphatic carbocycles. The normalized spacial score (nSPS) is 9.95. The highest BCUT2D eigenvalue weighted by Gasteiger charge is 2.08. The summed E-state index contributed by atoms with van der Waals surface area (Å²) in [5.41, 5.74) is 6.13. The minimum Gasteiger partial charge on any atom is -0.478 e. The number of nitrogens with zero attached hydrogens (tertiary/aromatic N) is 3. The van der Waals surface area contributed by atoms with Gasteiger partial charge in [-0.1, -0.05) is 0 Å². The largest absolute Gasteiger partial charge is 0.478 e. The zero-order valence-electron chi connectivity index (χ0n) is 10.3. The fourth-order valence-corrected chi connectivity index (χ4v) is 1.35. The van der Waals surface area contributed by atoms with Crippen LogP contribution in [0.5, 0.6) is 5.88 Å². The monoisotopic (exact) mass is 259 g/mol. The second-order valence-electron chi connectivity index (χ2n) is 3.62. The molecule has 2 heterocycles. The maximum absolute atomic E-state index is 11.8. The van der Waals surface area contributed by atoms with Gasteiger partial charge in [-0.3, -0.25) is 4.79 Å². The third-order valence-corrected chi connectivity index (χ3v) is 2.20. The Morgan fingerprint density at radius 1 is 1.32 bits per heavy atom.